The fourth-order valence-corrected chi connectivity index (χ4v) is 1.94. The van der Waals surface area contributed by atoms with Crippen LogP contribution >= 0.6 is 0 Å². The SMILES string of the molecule is Cc1cc(C)c(-c2nnc(C3CC3)o2)cc1N. The van der Waals surface area contributed by atoms with Gasteiger partial charge in [0.15, 0.2) is 0 Å². The lowest BCUT2D eigenvalue weighted by Gasteiger charge is -2.05. The molecule has 4 heteroatoms. The number of rotatable bonds is 2. The third kappa shape index (κ3) is 1.79. The van der Waals surface area contributed by atoms with E-state index < -0.39 is 0 Å². The summed E-state index contributed by atoms with van der Waals surface area (Å²) in [6.45, 7) is 4.03. The molecule has 1 aliphatic carbocycles. The molecule has 1 saturated carbocycles. The fourth-order valence-electron chi connectivity index (χ4n) is 1.94. The second-order valence-corrected chi connectivity index (χ2v) is 4.74. The third-order valence-electron chi connectivity index (χ3n) is 3.21. The first-order chi connectivity index (χ1) is 8.15. The van der Waals surface area contributed by atoms with Crippen molar-refractivity contribution in [1.29, 1.82) is 0 Å². The van der Waals surface area contributed by atoms with E-state index in [0.717, 1.165) is 41.1 Å². The van der Waals surface area contributed by atoms with Crippen LogP contribution in [0, 0.1) is 13.8 Å². The summed E-state index contributed by atoms with van der Waals surface area (Å²) < 4.78 is 5.69. The van der Waals surface area contributed by atoms with Crippen LogP contribution in [-0.2, 0) is 0 Å². The van der Waals surface area contributed by atoms with Gasteiger partial charge in [0.1, 0.15) is 0 Å². The van der Waals surface area contributed by atoms with Gasteiger partial charge >= 0.3 is 0 Å². The molecule has 3 rings (SSSR count). The average molecular weight is 229 g/mol. The Morgan fingerprint density at radius 2 is 1.94 bits per heavy atom. The first-order valence-electron chi connectivity index (χ1n) is 5.85. The Balaban J connectivity index is 2.04. The minimum Gasteiger partial charge on any atom is -0.420 e. The molecule has 0 saturated heterocycles. The zero-order valence-corrected chi connectivity index (χ0v) is 10.0. The zero-order valence-electron chi connectivity index (χ0n) is 10.0. The molecule has 2 aromatic rings. The Kier molecular flexibility index (Phi) is 2.18. The third-order valence-corrected chi connectivity index (χ3v) is 3.21. The van der Waals surface area contributed by atoms with Gasteiger partial charge < -0.3 is 10.2 Å². The molecule has 0 aliphatic heterocycles. The predicted octanol–water partition coefficient (Wildman–Crippen LogP) is 2.81. The summed E-state index contributed by atoms with van der Waals surface area (Å²) in [5.41, 5.74) is 9.80. The number of nitrogen functional groups attached to an aromatic ring is 1. The standard InChI is InChI=1S/C13H15N3O/c1-7-5-8(2)11(14)6-10(7)13-16-15-12(17-13)9-3-4-9/h5-6,9H,3-4,14H2,1-2H3. The van der Waals surface area contributed by atoms with Crippen molar-refractivity contribution >= 4 is 5.69 Å². The van der Waals surface area contributed by atoms with Crippen molar-refractivity contribution in [2.45, 2.75) is 32.6 Å². The minimum atomic E-state index is 0.486. The van der Waals surface area contributed by atoms with Gasteiger partial charge in [-0.05, 0) is 43.9 Å². The maximum atomic E-state index is 5.92. The number of anilines is 1. The summed E-state index contributed by atoms with van der Waals surface area (Å²) in [6, 6.07) is 3.96. The molecule has 0 atom stereocenters. The molecule has 17 heavy (non-hydrogen) atoms. The van der Waals surface area contributed by atoms with E-state index in [4.69, 9.17) is 10.2 Å². The topological polar surface area (TPSA) is 64.9 Å². The average Bonchev–Trinajstić information content (AvgIpc) is 3.03. The maximum Gasteiger partial charge on any atom is 0.248 e. The Bertz CT molecular complexity index is 570. The van der Waals surface area contributed by atoms with Crippen molar-refractivity contribution in [3.63, 3.8) is 0 Å². The molecule has 1 heterocycles. The van der Waals surface area contributed by atoms with Gasteiger partial charge in [0.2, 0.25) is 11.8 Å². The summed E-state index contributed by atoms with van der Waals surface area (Å²) in [5, 5.41) is 8.20. The van der Waals surface area contributed by atoms with E-state index in [1.165, 1.54) is 0 Å². The number of nitrogens with zero attached hydrogens (tertiary/aromatic N) is 2. The Morgan fingerprint density at radius 1 is 1.18 bits per heavy atom. The molecule has 1 aromatic heterocycles. The van der Waals surface area contributed by atoms with E-state index in [-0.39, 0.29) is 0 Å². The first kappa shape index (κ1) is 10.3. The van der Waals surface area contributed by atoms with Crippen molar-refractivity contribution in [2.75, 3.05) is 5.73 Å². The van der Waals surface area contributed by atoms with Gasteiger partial charge in [-0.2, -0.15) is 0 Å². The minimum absolute atomic E-state index is 0.486. The lowest BCUT2D eigenvalue weighted by Crippen LogP contribution is -1.93. The van der Waals surface area contributed by atoms with Crippen LogP contribution in [0.15, 0.2) is 16.5 Å². The second kappa shape index (κ2) is 3.58. The summed E-state index contributed by atoms with van der Waals surface area (Å²) in [4.78, 5) is 0. The molecule has 0 amide bonds. The van der Waals surface area contributed by atoms with E-state index in [2.05, 4.69) is 10.2 Å². The van der Waals surface area contributed by atoms with Gasteiger partial charge in [0.05, 0.1) is 0 Å². The van der Waals surface area contributed by atoms with Crippen LogP contribution in [0.5, 0.6) is 0 Å². The molecular weight excluding hydrogens is 214 g/mol. The van der Waals surface area contributed by atoms with Gasteiger partial charge in [-0.1, -0.05) is 6.07 Å². The van der Waals surface area contributed by atoms with Crippen LogP contribution in [0.1, 0.15) is 35.8 Å². The Morgan fingerprint density at radius 3 is 2.65 bits per heavy atom. The van der Waals surface area contributed by atoms with Crippen LogP contribution in [0.4, 0.5) is 5.69 Å². The maximum absolute atomic E-state index is 5.92. The number of hydrogen-bond acceptors (Lipinski definition) is 4. The highest BCUT2D eigenvalue weighted by Crippen LogP contribution is 2.40. The second-order valence-electron chi connectivity index (χ2n) is 4.74. The van der Waals surface area contributed by atoms with E-state index >= 15 is 0 Å². The number of hydrogen-bond donors (Lipinski definition) is 1. The van der Waals surface area contributed by atoms with Crippen LogP contribution in [0.3, 0.4) is 0 Å². The molecule has 4 nitrogen and oxygen atoms in total. The van der Waals surface area contributed by atoms with Crippen molar-refractivity contribution in [1.82, 2.24) is 10.2 Å². The molecule has 1 aliphatic rings. The molecule has 88 valence electrons. The Labute approximate surface area is 99.8 Å². The monoisotopic (exact) mass is 229 g/mol. The largest absolute Gasteiger partial charge is 0.420 e. The summed E-state index contributed by atoms with van der Waals surface area (Å²) in [5.74, 6) is 1.83. The smallest absolute Gasteiger partial charge is 0.248 e. The molecule has 1 aromatic carbocycles. The molecule has 0 radical (unpaired) electrons. The van der Waals surface area contributed by atoms with E-state index in [9.17, 15) is 0 Å². The van der Waals surface area contributed by atoms with E-state index in [1.54, 1.807) is 0 Å². The fraction of sp³-hybridized carbons (Fsp3) is 0.385. The molecule has 0 unspecified atom stereocenters. The lowest BCUT2D eigenvalue weighted by atomic mass is 10.0. The molecule has 0 bridgehead atoms. The van der Waals surface area contributed by atoms with Crippen LogP contribution in [-0.4, -0.2) is 10.2 Å². The van der Waals surface area contributed by atoms with Crippen LogP contribution in [0.25, 0.3) is 11.5 Å². The van der Waals surface area contributed by atoms with Crippen LogP contribution < -0.4 is 5.73 Å². The zero-order chi connectivity index (χ0) is 12.0. The summed E-state index contributed by atoms with van der Waals surface area (Å²) in [7, 11) is 0. The summed E-state index contributed by atoms with van der Waals surface area (Å²) in [6.07, 6.45) is 2.33. The quantitative estimate of drug-likeness (QED) is 0.804. The number of nitrogens with two attached hydrogens (primary N) is 1. The normalized spacial score (nSPS) is 15.2. The van der Waals surface area contributed by atoms with E-state index in [1.807, 2.05) is 26.0 Å². The molecular formula is C13H15N3O. The van der Waals surface area contributed by atoms with Crippen molar-refractivity contribution in [3.05, 3.63) is 29.2 Å². The first-order valence-corrected chi connectivity index (χ1v) is 5.85. The molecule has 1 fully saturated rings. The molecule has 0 spiro atoms. The van der Waals surface area contributed by atoms with Gasteiger partial charge in [-0.15, -0.1) is 10.2 Å². The van der Waals surface area contributed by atoms with Crippen molar-refractivity contribution in [2.24, 2.45) is 0 Å². The number of benzene rings is 1. The Hall–Kier alpha value is -1.84. The number of aryl methyl sites for hydroxylation is 2. The highest BCUT2D eigenvalue weighted by molar-refractivity contribution is 5.66. The highest BCUT2D eigenvalue weighted by Gasteiger charge is 2.29. The van der Waals surface area contributed by atoms with Gasteiger partial charge in [0, 0.05) is 17.2 Å². The van der Waals surface area contributed by atoms with Gasteiger partial charge in [-0.25, -0.2) is 0 Å². The molecule has 2 N–H and O–H groups in total. The van der Waals surface area contributed by atoms with Gasteiger partial charge in [0.25, 0.3) is 0 Å². The van der Waals surface area contributed by atoms with Crippen LogP contribution in [0.2, 0.25) is 0 Å². The lowest BCUT2D eigenvalue weighted by molar-refractivity contribution is 0.508. The van der Waals surface area contributed by atoms with Gasteiger partial charge in [-0.3, -0.25) is 0 Å². The number of aromatic nitrogens is 2. The van der Waals surface area contributed by atoms with E-state index in [0.29, 0.717) is 11.8 Å². The highest BCUT2D eigenvalue weighted by atomic mass is 16.4. The predicted molar refractivity (Wildman–Crippen MR) is 65.6 cm³/mol. The van der Waals surface area contributed by atoms with Crippen molar-refractivity contribution < 1.29 is 4.42 Å². The van der Waals surface area contributed by atoms with Crippen molar-refractivity contribution in [3.8, 4) is 11.5 Å². The summed E-state index contributed by atoms with van der Waals surface area (Å²) >= 11 is 0.